The second kappa shape index (κ2) is 9.73. The van der Waals surface area contributed by atoms with E-state index < -0.39 is 0 Å². The number of nitrogens with zero attached hydrogens (tertiary/aromatic N) is 6. The van der Waals surface area contributed by atoms with Crippen LogP contribution in [0.15, 0.2) is 17.4 Å². The van der Waals surface area contributed by atoms with E-state index in [1.54, 1.807) is 0 Å². The molecule has 2 aliphatic rings. The molecule has 2 fully saturated rings. The van der Waals surface area contributed by atoms with Crippen LogP contribution in [0.4, 0.5) is 0 Å². The van der Waals surface area contributed by atoms with Gasteiger partial charge in [-0.1, -0.05) is 0 Å². The summed E-state index contributed by atoms with van der Waals surface area (Å²) in [7, 11) is 1.83. The van der Waals surface area contributed by atoms with E-state index in [1.807, 2.05) is 35.9 Å². The van der Waals surface area contributed by atoms with Crippen LogP contribution in [0.25, 0.3) is 0 Å². The lowest BCUT2D eigenvalue weighted by Gasteiger charge is -2.37. The average molecular weight is 376 g/mol. The molecule has 0 saturated carbocycles. The minimum absolute atomic E-state index is 0.292. The Morgan fingerprint density at radius 1 is 1.11 bits per heavy atom. The highest BCUT2D eigenvalue weighted by Crippen LogP contribution is 2.10. The molecule has 0 atom stereocenters. The zero-order valence-electron chi connectivity index (χ0n) is 16.7. The average Bonchev–Trinajstić information content (AvgIpc) is 3.12. The maximum absolute atomic E-state index is 12.4. The van der Waals surface area contributed by atoms with E-state index in [0.717, 1.165) is 71.2 Å². The first-order valence-corrected chi connectivity index (χ1v) is 10.1. The Bertz CT molecular complexity index is 628. The number of rotatable bonds is 5. The number of aromatic nitrogens is 2. The predicted molar refractivity (Wildman–Crippen MR) is 107 cm³/mol. The summed E-state index contributed by atoms with van der Waals surface area (Å²) in [5, 5.41) is 7.73. The number of hydrogen-bond acceptors (Lipinski definition) is 4. The standard InChI is InChI=1S/C19H33N7O/c1-17-14-22-26(15-17)9-6-21-19(20-2)25-12-10-23(11-13-25)16-18(27)24-7-4-3-5-8-24/h14-15H,3-13,16H2,1-2H3,(H,20,21). The third kappa shape index (κ3) is 5.69. The van der Waals surface area contributed by atoms with Crippen LogP contribution in [-0.2, 0) is 11.3 Å². The third-order valence-electron chi connectivity index (χ3n) is 5.34. The molecule has 0 spiro atoms. The van der Waals surface area contributed by atoms with Gasteiger partial charge in [-0.05, 0) is 31.7 Å². The highest BCUT2D eigenvalue weighted by Gasteiger charge is 2.23. The van der Waals surface area contributed by atoms with Gasteiger partial charge in [-0.15, -0.1) is 0 Å². The van der Waals surface area contributed by atoms with Crippen LogP contribution in [0.2, 0.25) is 0 Å². The molecular weight excluding hydrogens is 342 g/mol. The number of aryl methyl sites for hydroxylation is 1. The molecule has 1 N–H and O–H groups in total. The molecule has 0 radical (unpaired) electrons. The molecule has 150 valence electrons. The number of guanidine groups is 1. The van der Waals surface area contributed by atoms with Crippen molar-refractivity contribution in [3.63, 3.8) is 0 Å². The lowest BCUT2D eigenvalue weighted by Crippen LogP contribution is -2.54. The number of hydrogen-bond donors (Lipinski definition) is 1. The number of carbonyl (C=O) groups excluding carboxylic acids is 1. The minimum Gasteiger partial charge on any atom is -0.354 e. The van der Waals surface area contributed by atoms with Gasteiger partial charge >= 0.3 is 0 Å². The Kier molecular flexibility index (Phi) is 7.09. The van der Waals surface area contributed by atoms with Crippen molar-refractivity contribution in [3.8, 4) is 0 Å². The van der Waals surface area contributed by atoms with Crippen LogP contribution >= 0.6 is 0 Å². The van der Waals surface area contributed by atoms with Gasteiger partial charge < -0.3 is 15.1 Å². The number of piperazine rings is 1. The van der Waals surface area contributed by atoms with Crippen LogP contribution in [0.1, 0.15) is 24.8 Å². The second-order valence-corrected chi connectivity index (χ2v) is 7.46. The molecule has 0 unspecified atom stereocenters. The maximum Gasteiger partial charge on any atom is 0.236 e. The second-order valence-electron chi connectivity index (χ2n) is 7.46. The van der Waals surface area contributed by atoms with E-state index in [2.05, 4.69) is 25.2 Å². The van der Waals surface area contributed by atoms with Crippen LogP contribution in [0.5, 0.6) is 0 Å². The van der Waals surface area contributed by atoms with Crippen molar-refractivity contribution in [2.75, 3.05) is 59.4 Å². The van der Waals surface area contributed by atoms with Gasteiger partial charge in [0.15, 0.2) is 5.96 Å². The maximum atomic E-state index is 12.4. The van der Waals surface area contributed by atoms with Crippen molar-refractivity contribution in [3.05, 3.63) is 18.0 Å². The van der Waals surface area contributed by atoms with E-state index in [0.29, 0.717) is 12.5 Å². The zero-order valence-corrected chi connectivity index (χ0v) is 16.7. The molecule has 2 aliphatic heterocycles. The first-order chi connectivity index (χ1) is 13.2. The molecule has 0 bridgehead atoms. The number of aliphatic imine (C=N–C) groups is 1. The van der Waals surface area contributed by atoms with Gasteiger partial charge in [0.1, 0.15) is 0 Å². The van der Waals surface area contributed by atoms with E-state index >= 15 is 0 Å². The van der Waals surface area contributed by atoms with Crippen LogP contribution in [0.3, 0.4) is 0 Å². The number of piperidine rings is 1. The largest absolute Gasteiger partial charge is 0.354 e. The van der Waals surface area contributed by atoms with Crippen molar-refractivity contribution >= 4 is 11.9 Å². The summed E-state index contributed by atoms with van der Waals surface area (Å²) in [5.74, 6) is 1.22. The Balaban J connectivity index is 1.38. The highest BCUT2D eigenvalue weighted by atomic mass is 16.2. The fraction of sp³-hybridized carbons (Fsp3) is 0.737. The summed E-state index contributed by atoms with van der Waals surface area (Å²) >= 11 is 0. The zero-order chi connectivity index (χ0) is 19.1. The summed E-state index contributed by atoms with van der Waals surface area (Å²) in [6.45, 7) is 9.68. The molecule has 1 aromatic rings. The highest BCUT2D eigenvalue weighted by molar-refractivity contribution is 5.80. The first kappa shape index (κ1) is 19.7. The lowest BCUT2D eigenvalue weighted by molar-refractivity contribution is -0.133. The Morgan fingerprint density at radius 3 is 2.48 bits per heavy atom. The van der Waals surface area contributed by atoms with E-state index in [-0.39, 0.29) is 0 Å². The summed E-state index contributed by atoms with van der Waals surface area (Å²) in [5.41, 5.74) is 1.18. The summed E-state index contributed by atoms with van der Waals surface area (Å²) in [6.07, 6.45) is 7.48. The van der Waals surface area contributed by atoms with Crippen LogP contribution < -0.4 is 5.32 Å². The third-order valence-corrected chi connectivity index (χ3v) is 5.34. The van der Waals surface area contributed by atoms with Crippen LogP contribution in [0, 0.1) is 6.92 Å². The smallest absolute Gasteiger partial charge is 0.236 e. The fourth-order valence-electron chi connectivity index (χ4n) is 3.76. The number of carbonyl (C=O) groups is 1. The molecule has 1 amide bonds. The van der Waals surface area contributed by atoms with Crippen molar-refractivity contribution < 1.29 is 4.79 Å². The van der Waals surface area contributed by atoms with Gasteiger partial charge in [0, 0.05) is 59.1 Å². The monoisotopic (exact) mass is 375 g/mol. The Morgan fingerprint density at radius 2 is 1.85 bits per heavy atom. The number of amides is 1. The minimum atomic E-state index is 0.292. The molecule has 27 heavy (non-hydrogen) atoms. The number of nitrogens with one attached hydrogen (secondary N) is 1. The number of likely N-dealkylation sites (tertiary alicyclic amines) is 1. The van der Waals surface area contributed by atoms with Gasteiger partial charge in [-0.25, -0.2) is 0 Å². The predicted octanol–water partition coefficient (Wildman–Crippen LogP) is 0.397. The summed E-state index contributed by atoms with van der Waals surface area (Å²) in [6, 6.07) is 0. The van der Waals surface area contributed by atoms with E-state index in [1.165, 1.54) is 12.0 Å². The van der Waals surface area contributed by atoms with Crippen molar-refractivity contribution in [2.45, 2.75) is 32.7 Å². The molecule has 2 saturated heterocycles. The molecule has 0 aromatic carbocycles. The van der Waals surface area contributed by atoms with Crippen molar-refractivity contribution in [2.24, 2.45) is 4.99 Å². The summed E-state index contributed by atoms with van der Waals surface area (Å²) in [4.78, 5) is 23.4. The Labute approximate surface area is 162 Å². The van der Waals surface area contributed by atoms with Crippen molar-refractivity contribution in [1.82, 2.24) is 29.8 Å². The lowest BCUT2D eigenvalue weighted by atomic mass is 10.1. The Hall–Kier alpha value is -2.09. The molecule has 3 heterocycles. The van der Waals surface area contributed by atoms with E-state index in [9.17, 15) is 4.79 Å². The molecular formula is C19H33N7O. The SMILES string of the molecule is CN=C(NCCn1cc(C)cn1)N1CCN(CC(=O)N2CCCCC2)CC1. The summed E-state index contributed by atoms with van der Waals surface area (Å²) < 4.78 is 1.94. The molecule has 3 rings (SSSR count). The molecule has 8 heteroatoms. The molecule has 1 aromatic heterocycles. The topological polar surface area (TPSA) is 69.0 Å². The quantitative estimate of drug-likeness (QED) is 0.596. The van der Waals surface area contributed by atoms with Crippen molar-refractivity contribution in [1.29, 1.82) is 0 Å². The fourth-order valence-corrected chi connectivity index (χ4v) is 3.76. The van der Waals surface area contributed by atoms with Gasteiger partial charge in [0.2, 0.25) is 5.91 Å². The molecule has 8 nitrogen and oxygen atoms in total. The van der Waals surface area contributed by atoms with Crippen LogP contribution in [-0.4, -0.2) is 95.8 Å². The first-order valence-electron chi connectivity index (χ1n) is 10.1. The van der Waals surface area contributed by atoms with Gasteiger partial charge in [-0.3, -0.25) is 19.4 Å². The normalized spacial score (nSPS) is 19.4. The van der Waals surface area contributed by atoms with Gasteiger partial charge in [-0.2, -0.15) is 5.10 Å². The van der Waals surface area contributed by atoms with Gasteiger partial charge in [0.25, 0.3) is 0 Å². The van der Waals surface area contributed by atoms with E-state index in [4.69, 9.17) is 0 Å². The van der Waals surface area contributed by atoms with Gasteiger partial charge in [0.05, 0.1) is 19.3 Å². The molecule has 0 aliphatic carbocycles.